The molecular weight excluding hydrogens is 380 g/mol. The van der Waals surface area contributed by atoms with Gasteiger partial charge in [0.2, 0.25) is 11.2 Å². The summed E-state index contributed by atoms with van der Waals surface area (Å²) in [5.41, 5.74) is 0.570. The van der Waals surface area contributed by atoms with E-state index in [4.69, 9.17) is 15.8 Å². The van der Waals surface area contributed by atoms with Crippen LogP contribution in [0.2, 0.25) is 5.28 Å². The van der Waals surface area contributed by atoms with Gasteiger partial charge in [0, 0.05) is 19.6 Å². The maximum absolute atomic E-state index is 13.0. The van der Waals surface area contributed by atoms with Gasteiger partial charge in [0.05, 0.1) is 24.5 Å². The zero-order valence-electron chi connectivity index (χ0n) is 15.1. The molecule has 26 heavy (non-hydrogen) atoms. The van der Waals surface area contributed by atoms with Crippen LogP contribution in [0.3, 0.4) is 0 Å². The number of aromatic nitrogens is 2. The molecule has 0 N–H and O–H groups in total. The molecule has 1 saturated carbocycles. The highest BCUT2D eigenvalue weighted by Crippen LogP contribution is 2.37. The summed E-state index contributed by atoms with van der Waals surface area (Å²) in [5, 5.41) is 0.117. The third kappa shape index (κ3) is 3.94. The SMILES string of the molecule is CC(OS(C)(=O)=O)C1CN(C2CCCC2)c2nc(Cl)ncc2N(C)C1=O. The van der Waals surface area contributed by atoms with Crippen molar-refractivity contribution < 1.29 is 17.4 Å². The van der Waals surface area contributed by atoms with Crippen LogP contribution in [0.25, 0.3) is 0 Å². The Labute approximate surface area is 158 Å². The van der Waals surface area contributed by atoms with E-state index in [2.05, 4.69) is 14.9 Å². The van der Waals surface area contributed by atoms with Gasteiger partial charge in [-0.25, -0.2) is 4.98 Å². The van der Waals surface area contributed by atoms with Crippen molar-refractivity contribution in [1.82, 2.24) is 9.97 Å². The van der Waals surface area contributed by atoms with Crippen molar-refractivity contribution in [3.63, 3.8) is 0 Å². The predicted molar refractivity (Wildman–Crippen MR) is 98.9 cm³/mol. The Morgan fingerprint density at radius 3 is 2.62 bits per heavy atom. The Morgan fingerprint density at radius 1 is 1.35 bits per heavy atom. The molecule has 2 atom stereocenters. The third-order valence-corrected chi connectivity index (χ3v) is 5.89. The van der Waals surface area contributed by atoms with Crippen LogP contribution in [0.5, 0.6) is 0 Å². The number of rotatable bonds is 4. The molecule has 1 aliphatic heterocycles. The average Bonchev–Trinajstić information content (AvgIpc) is 3.03. The third-order valence-electron chi connectivity index (χ3n) is 5.05. The van der Waals surface area contributed by atoms with Gasteiger partial charge in [-0.1, -0.05) is 12.8 Å². The lowest BCUT2D eigenvalue weighted by atomic mass is 10.0. The lowest BCUT2D eigenvalue weighted by Crippen LogP contribution is -2.45. The Bertz CT molecular complexity index is 797. The maximum atomic E-state index is 13.0. The van der Waals surface area contributed by atoms with Gasteiger partial charge in [-0.3, -0.25) is 8.98 Å². The summed E-state index contributed by atoms with van der Waals surface area (Å²) in [6, 6.07) is 0.229. The minimum atomic E-state index is -3.67. The Hall–Kier alpha value is -1.45. The molecular formula is C16H23ClN4O4S. The van der Waals surface area contributed by atoms with Crippen LogP contribution >= 0.6 is 11.6 Å². The summed E-state index contributed by atoms with van der Waals surface area (Å²) < 4.78 is 28.2. The molecule has 1 aliphatic carbocycles. The van der Waals surface area contributed by atoms with Crippen molar-refractivity contribution in [2.45, 2.75) is 44.8 Å². The van der Waals surface area contributed by atoms with E-state index in [1.54, 1.807) is 14.0 Å². The van der Waals surface area contributed by atoms with Gasteiger partial charge in [0.25, 0.3) is 10.1 Å². The number of hydrogen-bond acceptors (Lipinski definition) is 7. The molecule has 8 nitrogen and oxygen atoms in total. The smallest absolute Gasteiger partial charge is 0.264 e. The highest BCUT2D eigenvalue weighted by molar-refractivity contribution is 7.86. The van der Waals surface area contributed by atoms with Crippen LogP contribution in [0.4, 0.5) is 11.5 Å². The molecule has 10 heteroatoms. The summed E-state index contributed by atoms with van der Waals surface area (Å²) in [5.74, 6) is -0.265. The van der Waals surface area contributed by atoms with E-state index in [1.807, 2.05) is 0 Å². The number of carbonyl (C=O) groups excluding carboxylic acids is 1. The molecule has 0 bridgehead atoms. The van der Waals surface area contributed by atoms with Gasteiger partial charge in [0.15, 0.2) is 5.82 Å². The Morgan fingerprint density at radius 2 is 2.00 bits per heavy atom. The minimum absolute atomic E-state index is 0.117. The molecule has 0 aromatic carbocycles. The molecule has 3 rings (SSSR count). The van der Waals surface area contributed by atoms with Crippen LogP contribution in [-0.2, 0) is 19.1 Å². The lowest BCUT2D eigenvalue weighted by molar-refractivity contribution is -0.124. The minimum Gasteiger partial charge on any atom is -0.351 e. The van der Waals surface area contributed by atoms with Gasteiger partial charge in [-0.05, 0) is 31.4 Å². The van der Waals surface area contributed by atoms with Crippen LogP contribution in [0.1, 0.15) is 32.6 Å². The topological polar surface area (TPSA) is 92.7 Å². The molecule has 2 unspecified atom stereocenters. The van der Waals surface area contributed by atoms with Crippen molar-refractivity contribution in [1.29, 1.82) is 0 Å². The molecule has 144 valence electrons. The van der Waals surface area contributed by atoms with Gasteiger partial charge < -0.3 is 9.80 Å². The van der Waals surface area contributed by atoms with Gasteiger partial charge >= 0.3 is 0 Å². The van der Waals surface area contributed by atoms with E-state index in [0.29, 0.717) is 18.1 Å². The van der Waals surface area contributed by atoms with Crippen molar-refractivity contribution in [3.05, 3.63) is 11.5 Å². The van der Waals surface area contributed by atoms with Crippen molar-refractivity contribution in [2.75, 3.05) is 29.6 Å². The molecule has 1 aromatic rings. The zero-order chi connectivity index (χ0) is 19.1. The van der Waals surface area contributed by atoms with E-state index >= 15 is 0 Å². The molecule has 2 aliphatic rings. The fourth-order valence-electron chi connectivity index (χ4n) is 3.77. The van der Waals surface area contributed by atoms with Crippen LogP contribution in [-0.4, -0.2) is 56.3 Å². The number of fused-ring (bicyclic) bond motifs is 1. The summed E-state index contributed by atoms with van der Waals surface area (Å²) in [6.45, 7) is 1.93. The Kier molecular flexibility index (Phi) is 5.41. The van der Waals surface area contributed by atoms with E-state index in [-0.39, 0.29) is 17.2 Å². The van der Waals surface area contributed by atoms with Crippen LogP contribution < -0.4 is 9.80 Å². The second-order valence-electron chi connectivity index (χ2n) is 6.95. The number of carbonyl (C=O) groups is 1. The number of hydrogen-bond donors (Lipinski definition) is 0. The largest absolute Gasteiger partial charge is 0.351 e. The van der Waals surface area contributed by atoms with Crippen molar-refractivity contribution in [3.8, 4) is 0 Å². The molecule has 1 aromatic heterocycles. The molecule has 0 spiro atoms. The van der Waals surface area contributed by atoms with Crippen LogP contribution in [0.15, 0.2) is 6.20 Å². The molecule has 1 fully saturated rings. The lowest BCUT2D eigenvalue weighted by Gasteiger charge is -2.32. The predicted octanol–water partition coefficient (Wildman–Crippen LogP) is 1.84. The highest BCUT2D eigenvalue weighted by Gasteiger charge is 2.40. The maximum Gasteiger partial charge on any atom is 0.264 e. The number of nitrogens with zero attached hydrogens (tertiary/aromatic N) is 4. The fraction of sp³-hybridized carbons (Fsp3) is 0.688. The molecule has 0 saturated heterocycles. The molecule has 2 heterocycles. The Balaban J connectivity index is 2.02. The van der Waals surface area contributed by atoms with Gasteiger partial charge in [-0.15, -0.1) is 0 Å². The van der Waals surface area contributed by atoms with Crippen molar-refractivity contribution >= 4 is 39.1 Å². The van der Waals surface area contributed by atoms with E-state index < -0.39 is 22.1 Å². The summed E-state index contributed by atoms with van der Waals surface area (Å²) in [4.78, 5) is 25.0. The summed E-state index contributed by atoms with van der Waals surface area (Å²) in [7, 11) is -2.04. The number of amides is 1. The number of anilines is 2. The second-order valence-corrected chi connectivity index (χ2v) is 8.89. The van der Waals surface area contributed by atoms with E-state index in [0.717, 1.165) is 31.9 Å². The summed E-state index contributed by atoms with van der Waals surface area (Å²) in [6.07, 6.45) is 5.94. The quantitative estimate of drug-likeness (QED) is 0.560. The zero-order valence-corrected chi connectivity index (χ0v) is 16.6. The summed E-state index contributed by atoms with van der Waals surface area (Å²) >= 11 is 6.02. The highest BCUT2D eigenvalue weighted by atomic mass is 35.5. The molecule has 0 radical (unpaired) electrons. The fourth-order valence-corrected chi connectivity index (χ4v) is 4.58. The van der Waals surface area contributed by atoms with E-state index in [9.17, 15) is 13.2 Å². The first-order valence-corrected chi connectivity index (χ1v) is 10.8. The first-order valence-electron chi connectivity index (χ1n) is 8.62. The molecule has 1 amide bonds. The average molecular weight is 403 g/mol. The van der Waals surface area contributed by atoms with E-state index in [1.165, 1.54) is 11.1 Å². The second kappa shape index (κ2) is 7.28. The number of halogens is 1. The first kappa shape index (κ1) is 19.3. The first-order chi connectivity index (χ1) is 12.2. The van der Waals surface area contributed by atoms with Gasteiger partial charge in [-0.2, -0.15) is 13.4 Å². The monoisotopic (exact) mass is 402 g/mol. The standard InChI is InChI=1S/C16H23ClN4O4S/c1-10(25-26(3,23)24)12-9-21(11-6-4-5-7-11)14-13(20(2)15(12)22)8-18-16(17)19-14/h8,10-12H,4-7,9H2,1-3H3. The van der Waals surface area contributed by atoms with Gasteiger partial charge in [0.1, 0.15) is 5.69 Å². The normalized spacial score (nSPS) is 23.1. The van der Waals surface area contributed by atoms with Crippen LogP contribution in [0, 0.1) is 5.92 Å². The van der Waals surface area contributed by atoms with Crippen molar-refractivity contribution in [2.24, 2.45) is 5.92 Å².